The highest BCUT2D eigenvalue weighted by Crippen LogP contribution is 2.28. The first-order valence-electron chi connectivity index (χ1n) is 5.37. The fourth-order valence-electron chi connectivity index (χ4n) is 2.51. The van der Waals surface area contributed by atoms with Crippen molar-refractivity contribution in [2.75, 3.05) is 0 Å². The number of nitrogens with one attached hydrogen (secondary N) is 1. The summed E-state index contributed by atoms with van der Waals surface area (Å²) in [6.45, 7) is 0.837. The van der Waals surface area contributed by atoms with Crippen molar-refractivity contribution in [1.82, 2.24) is 10.0 Å². The van der Waals surface area contributed by atoms with Crippen LogP contribution in [0.4, 0.5) is 0 Å². The monoisotopic (exact) mass is 216 g/mol. The summed E-state index contributed by atoms with van der Waals surface area (Å²) in [4.78, 5) is 11.5. The zero-order valence-corrected chi connectivity index (χ0v) is 8.73. The third-order valence-electron chi connectivity index (χ3n) is 3.17. The second kappa shape index (κ2) is 3.35. The van der Waals surface area contributed by atoms with Gasteiger partial charge >= 0.3 is 0 Å². The van der Waals surface area contributed by atoms with E-state index in [1.165, 1.54) is 5.56 Å². The number of nitrogens with zero attached hydrogens (tertiary/aromatic N) is 1. The molecule has 0 bridgehead atoms. The van der Waals surface area contributed by atoms with Crippen molar-refractivity contribution in [1.29, 1.82) is 0 Å². The molecule has 4 heteroatoms. The van der Waals surface area contributed by atoms with Crippen LogP contribution in [0.2, 0.25) is 0 Å². The third-order valence-corrected chi connectivity index (χ3v) is 3.17. The van der Waals surface area contributed by atoms with Gasteiger partial charge in [0.05, 0.1) is 5.52 Å². The maximum absolute atomic E-state index is 11.5. The zero-order valence-electron chi connectivity index (χ0n) is 8.73. The van der Waals surface area contributed by atoms with Gasteiger partial charge in [-0.15, -0.1) is 0 Å². The number of hydrogen-bond acceptors (Lipinski definition) is 2. The van der Waals surface area contributed by atoms with Gasteiger partial charge in [0.1, 0.15) is 5.69 Å². The molecule has 1 aliphatic heterocycles. The van der Waals surface area contributed by atoms with Crippen LogP contribution in [0.25, 0.3) is 10.9 Å². The fraction of sp³-hybridized carbons (Fsp3) is 0.250. The second-order valence-electron chi connectivity index (χ2n) is 4.08. The minimum absolute atomic E-state index is 0.441. The van der Waals surface area contributed by atoms with Crippen LogP contribution >= 0.6 is 0 Å². The number of amides is 1. The third kappa shape index (κ3) is 1.17. The summed E-state index contributed by atoms with van der Waals surface area (Å²) in [6, 6.07) is 7.93. The molecule has 0 spiro atoms. The number of para-hydroxylation sites is 1. The zero-order chi connectivity index (χ0) is 11.1. The highest BCUT2D eigenvalue weighted by Gasteiger charge is 2.19. The Morgan fingerprint density at radius 1 is 1.44 bits per heavy atom. The number of carbonyl (C=O) groups is 1. The lowest BCUT2D eigenvalue weighted by atomic mass is 10.0. The molecule has 1 aromatic heterocycles. The van der Waals surface area contributed by atoms with E-state index in [0.29, 0.717) is 5.69 Å². The molecule has 1 aromatic carbocycles. The molecule has 2 N–H and O–H groups in total. The van der Waals surface area contributed by atoms with E-state index in [9.17, 15) is 4.79 Å². The Morgan fingerprint density at radius 3 is 3.12 bits per heavy atom. The van der Waals surface area contributed by atoms with Gasteiger partial charge in [-0.25, -0.2) is 5.48 Å². The van der Waals surface area contributed by atoms with E-state index in [-0.39, 0.29) is 0 Å². The summed E-state index contributed by atoms with van der Waals surface area (Å²) in [6.07, 6.45) is 2.09. The number of rotatable bonds is 1. The predicted molar refractivity (Wildman–Crippen MR) is 59.5 cm³/mol. The molecule has 0 atom stereocenters. The van der Waals surface area contributed by atoms with Gasteiger partial charge in [0.15, 0.2) is 0 Å². The van der Waals surface area contributed by atoms with E-state index in [0.717, 1.165) is 30.3 Å². The van der Waals surface area contributed by atoms with Gasteiger partial charge in [0.2, 0.25) is 0 Å². The Labute approximate surface area is 92.4 Å². The summed E-state index contributed by atoms with van der Waals surface area (Å²) >= 11 is 0. The topological polar surface area (TPSA) is 54.3 Å². The fourth-order valence-corrected chi connectivity index (χ4v) is 2.51. The maximum Gasteiger partial charge on any atom is 0.291 e. The lowest BCUT2D eigenvalue weighted by Crippen LogP contribution is -2.23. The molecule has 0 radical (unpaired) electrons. The first-order chi connectivity index (χ1) is 7.81. The Hall–Kier alpha value is -1.81. The molecule has 0 aliphatic carbocycles. The van der Waals surface area contributed by atoms with Crippen LogP contribution in [-0.4, -0.2) is 15.7 Å². The molecule has 0 fully saturated rings. The van der Waals surface area contributed by atoms with Crippen molar-refractivity contribution in [2.45, 2.75) is 19.4 Å². The normalized spacial score (nSPS) is 14.1. The maximum atomic E-state index is 11.5. The minimum Gasteiger partial charge on any atom is -0.336 e. The van der Waals surface area contributed by atoms with E-state index in [1.54, 1.807) is 5.48 Å². The number of aromatic nitrogens is 1. The largest absolute Gasteiger partial charge is 0.336 e. The van der Waals surface area contributed by atoms with Crippen LogP contribution in [0, 0.1) is 0 Å². The summed E-state index contributed by atoms with van der Waals surface area (Å²) in [5.41, 5.74) is 4.64. The molecule has 2 heterocycles. The average molecular weight is 216 g/mol. The first-order valence-corrected chi connectivity index (χ1v) is 5.37. The summed E-state index contributed by atoms with van der Waals surface area (Å²) in [7, 11) is 0. The van der Waals surface area contributed by atoms with Gasteiger partial charge in [0.25, 0.3) is 5.91 Å². The molecule has 16 heavy (non-hydrogen) atoms. The summed E-state index contributed by atoms with van der Waals surface area (Å²) in [5, 5.41) is 9.77. The van der Waals surface area contributed by atoms with Crippen molar-refractivity contribution in [3.8, 4) is 0 Å². The quantitative estimate of drug-likeness (QED) is 0.563. The molecule has 0 saturated heterocycles. The van der Waals surface area contributed by atoms with E-state index in [4.69, 9.17) is 5.21 Å². The van der Waals surface area contributed by atoms with Gasteiger partial charge in [-0.2, -0.15) is 0 Å². The van der Waals surface area contributed by atoms with Gasteiger partial charge in [-0.1, -0.05) is 18.2 Å². The Bertz CT molecular complexity index is 572. The van der Waals surface area contributed by atoms with E-state index < -0.39 is 5.91 Å². The number of carbonyl (C=O) groups excluding carboxylic acids is 1. The van der Waals surface area contributed by atoms with Gasteiger partial charge in [-0.05, 0) is 24.5 Å². The second-order valence-corrected chi connectivity index (χ2v) is 4.08. The van der Waals surface area contributed by atoms with E-state index >= 15 is 0 Å². The minimum atomic E-state index is -0.441. The molecule has 0 saturated carbocycles. The molecular formula is C12H12N2O2. The molecule has 0 unspecified atom stereocenters. The van der Waals surface area contributed by atoms with Crippen LogP contribution in [0.1, 0.15) is 22.5 Å². The lowest BCUT2D eigenvalue weighted by molar-refractivity contribution is 0.0696. The van der Waals surface area contributed by atoms with Crippen molar-refractivity contribution in [3.63, 3.8) is 0 Å². The van der Waals surface area contributed by atoms with Crippen LogP contribution in [0.5, 0.6) is 0 Å². The van der Waals surface area contributed by atoms with Crippen LogP contribution in [0.3, 0.4) is 0 Å². The molecule has 1 aliphatic rings. The SMILES string of the molecule is O=C(NO)c1cc2cccc3c2n1CCC3. The number of benzene rings is 1. The summed E-state index contributed by atoms with van der Waals surface area (Å²) < 4.78 is 1.99. The van der Waals surface area contributed by atoms with Gasteiger partial charge < -0.3 is 4.57 Å². The number of hydrogen-bond donors (Lipinski definition) is 2. The first kappa shape index (κ1) is 9.42. The van der Waals surface area contributed by atoms with E-state index in [2.05, 4.69) is 6.07 Å². The van der Waals surface area contributed by atoms with Crippen LogP contribution < -0.4 is 5.48 Å². The van der Waals surface area contributed by atoms with Gasteiger partial charge in [0, 0.05) is 11.9 Å². The molecular weight excluding hydrogens is 204 g/mol. The molecule has 2 aromatic rings. The van der Waals surface area contributed by atoms with Crippen molar-refractivity contribution < 1.29 is 10.0 Å². The average Bonchev–Trinajstić information content (AvgIpc) is 2.70. The van der Waals surface area contributed by atoms with Gasteiger partial charge in [-0.3, -0.25) is 10.0 Å². The smallest absolute Gasteiger partial charge is 0.291 e. The Kier molecular flexibility index (Phi) is 1.97. The molecule has 82 valence electrons. The highest BCUT2D eigenvalue weighted by molar-refractivity contribution is 5.99. The standard InChI is InChI=1S/C12H12N2O2/c15-12(13-16)10-7-9-4-1-3-8-5-2-6-14(10)11(8)9/h1,3-4,7,16H,2,5-6H2,(H,13,15). The summed E-state index contributed by atoms with van der Waals surface area (Å²) in [5.74, 6) is -0.441. The molecule has 4 nitrogen and oxygen atoms in total. The Morgan fingerprint density at radius 2 is 2.31 bits per heavy atom. The van der Waals surface area contributed by atoms with Crippen molar-refractivity contribution in [2.24, 2.45) is 0 Å². The van der Waals surface area contributed by atoms with Crippen LogP contribution in [-0.2, 0) is 13.0 Å². The van der Waals surface area contributed by atoms with Crippen molar-refractivity contribution in [3.05, 3.63) is 35.5 Å². The van der Waals surface area contributed by atoms with E-state index in [1.807, 2.05) is 22.8 Å². The van der Waals surface area contributed by atoms with Crippen LogP contribution in [0.15, 0.2) is 24.3 Å². The number of aryl methyl sites for hydroxylation is 2. The number of hydroxylamine groups is 1. The predicted octanol–water partition coefficient (Wildman–Crippen LogP) is 1.71. The highest BCUT2D eigenvalue weighted by atomic mass is 16.5. The molecule has 3 rings (SSSR count). The van der Waals surface area contributed by atoms with Crippen molar-refractivity contribution >= 4 is 16.8 Å². The Balaban J connectivity index is 2.33. The lowest BCUT2D eigenvalue weighted by Gasteiger charge is -2.17. The molecule has 1 amide bonds.